The van der Waals surface area contributed by atoms with Crippen LogP contribution in [-0.4, -0.2) is 36.3 Å². The van der Waals surface area contributed by atoms with E-state index < -0.39 is 0 Å². The third-order valence-corrected chi connectivity index (χ3v) is 4.93. The fraction of sp³-hybridized carbons (Fsp3) is 0.316. The zero-order chi connectivity index (χ0) is 16.8. The Balaban J connectivity index is 1.39. The third kappa shape index (κ3) is 2.59. The first-order valence-corrected chi connectivity index (χ1v) is 8.45. The zero-order valence-corrected chi connectivity index (χ0v) is 13.6. The van der Waals surface area contributed by atoms with Crippen LogP contribution < -0.4 is 19.5 Å². The van der Waals surface area contributed by atoms with Crippen LogP contribution in [0.1, 0.15) is 12.0 Å². The van der Waals surface area contributed by atoms with Crippen molar-refractivity contribution in [3.8, 4) is 17.2 Å². The molecule has 6 heteroatoms. The Morgan fingerprint density at radius 1 is 1.08 bits per heavy atom. The summed E-state index contributed by atoms with van der Waals surface area (Å²) in [4.78, 5) is 14.9. The predicted molar refractivity (Wildman–Crippen MR) is 90.9 cm³/mol. The summed E-state index contributed by atoms with van der Waals surface area (Å²) in [6, 6.07) is 13.3. The van der Waals surface area contributed by atoms with Gasteiger partial charge in [0.1, 0.15) is 11.9 Å². The molecule has 0 saturated carbocycles. The number of fused-ring (bicyclic) bond motifs is 4. The second-order valence-corrected chi connectivity index (χ2v) is 6.59. The Labute approximate surface area is 145 Å². The van der Waals surface area contributed by atoms with E-state index >= 15 is 0 Å². The second kappa shape index (κ2) is 5.67. The van der Waals surface area contributed by atoms with Gasteiger partial charge in [0.2, 0.25) is 12.7 Å². The molecule has 3 aliphatic rings. The van der Waals surface area contributed by atoms with Crippen LogP contribution in [0.25, 0.3) is 0 Å². The van der Waals surface area contributed by atoms with Crippen LogP contribution in [0.3, 0.4) is 0 Å². The molecule has 2 aromatic carbocycles. The van der Waals surface area contributed by atoms with E-state index in [9.17, 15) is 4.79 Å². The molecule has 2 bridgehead atoms. The zero-order valence-electron chi connectivity index (χ0n) is 13.6. The summed E-state index contributed by atoms with van der Waals surface area (Å²) in [6.45, 7) is 1.66. The molecule has 1 amide bonds. The largest absolute Gasteiger partial charge is 0.487 e. The summed E-state index contributed by atoms with van der Waals surface area (Å²) in [7, 11) is 0. The smallest absolute Gasteiger partial charge is 0.241 e. The fourth-order valence-corrected chi connectivity index (χ4v) is 3.74. The van der Waals surface area contributed by atoms with Gasteiger partial charge < -0.3 is 19.5 Å². The minimum Gasteiger partial charge on any atom is -0.487 e. The Morgan fingerprint density at radius 3 is 2.92 bits per heavy atom. The number of nitrogens with one attached hydrogen (secondary N) is 1. The lowest BCUT2D eigenvalue weighted by atomic mass is 10.1. The number of ether oxygens (including phenoxy) is 3. The number of rotatable bonds is 2. The van der Waals surface area contributed by atoms with Crippen LogP contribution in [0, 0.1) is 0 Å². The second-order valence-electron chi connectivity index (χ2n) is 6.59. The molecule has 6 nitrogen and oxygen atoms in total. The first kappa shape index (κ1) is 14.6. The maximum atomic E-state index is 12.7. The van der Waals surface area contributed by atoms with Gasteiger partial charge in [0.05, 0.1) is 11.7 Å². The molecule has 1 saturated heterocycles. The maximum Gasteiger partial charge on any atom is 0.241 e. The van der Waals surface area contributed by atoms with Gasteiger partial charge in [-0.1, -0.05) is 18.2 Å². The van der Waals surface area contributed by atoms with E-state index in [2.05, 4.69) is 10.2 Å². The number of carbonyl (C=O) groups is 1. The number of hydrogen-bond donors (Lipinski definition) is 1. The van der Waals surface area contributed by atoms with Gasteiger partial charge in [0.25, 0.3) is 0 Å². The maximum absolute atomic E-state index is 12.7. The molecule has 128 valence electrons. The quantitative estimate of drug-likeness (QED) is 0.911. The normalized spacial score (nSPS) is 24.1. The van der Waals surface area contributed by atoms with Crippen LogP contribution in [-0.2, 0) is 11.3 Å². The molecule has 3 aliphatic heterocycles. The third-order valence-electron chi connectivity index (χ3n) is 4.93. The standard InChI is InChI=1S/C19H18N2O4/c22-19-15-8-13(25-16-4-2-1-3-14(16)20-19)10-21(15)9-12-5-6-17-18(7-12)24-11-23-17/h1-7,13,15H,8-11H2,(H,20,22). The highest BCUT2D eigenvalue weighted by Crippen LogP contribution is 2.35. The first-order chi connectivity index (χ1) is 12.3. The summed E-state index contributed by atoms with van der Waals surface area (Å²) in [5.41, 5.74) is 1.84. The van der Waals surface area contributed by atoms with Crippen LogP contribution in [0.4, 0.5) is 5.69 Å². The topological polar surface area (TPSA) is 60.0 Å². The molecule has 0 radical (unpaired) electrons. The molecule has 2 unspecified atom stereocenters. The summed E-state index contributed by atoms with van der Waals surface area (Å²) < 4.78 is 16.9. The number of nitrogens with zero attached hydrogens (tertiary/aromatic N) is 1. The molecular formula is C19H18N2O4. The lowest BCUT2D eigenvalue weighted by Crippen LogP contribution is -2.39. The lowest BCUT2D eigenvalue weighted by molar-refractivity contribution is -0.120. The van der Waals surface area contributed by atoms with Crippen molar-refractivity contribution < 1.29 is 19.0 Å². The molecule has 1 fully saturated rings. The lowest BCUT2D eigenvalue weighted by Gasteiger charge is -2.23. The van der Waals surface area contributed by atoms with Crippen LogP contribution in [0.2, 0.25) is 0 Å². The van der Waals surface area contributed by atoms with Crippen LogP contribution >= 0.6 is 0 Å². The highest BCUT2D eigenvalue weighted by Gasteiger charge is 2.40. The average Bonchev–Trinajstić information content (AvgIpc) is 3.22. The minimum atomic E-state index is -0.191. The monoisotopic (exact) mass is 338 g/mol. The Morgan fingerprint density at radius 2 is 1.96 bits per heavy atom. The molecule has 3 heterocycles. The number of anilines is 1. The Bertz CT molecular complexity index is 838. The number of amides is 1. The first-order valence-electron chi connectivity index (χ1n) is 8.45. The number of para-hydroxylation sites is 2. The van der Waals surface area contributed by atoms with E-state index in [1.807, 2.05) is 42.5 Å². The molecule has 2 aromatic rings. The van der Waals surface area contributed by atoms with Crippen molar-refractivity contribution in [1.82, 2.24) is 4.90 Å². The van der Waals surface area contributed by atoms with E-state index in [-0.39, 0.29) is 24.8 Å². The van der Waals surface area contributed by atoms with Crippen molar-refractivity contribution in [3.05, 3.63) is 48.0 Å². The molecule has 0 aromatic heterocycles. The van der Waals surface area contributed by atoms with Gasteiger partial charge >= 0.3 is 0 Å². The van der Waals surface area contributed by atoms with E-state index in [1.54, 1.807) is 0 Å². The van der Waals surface area contributed by atoms with Gasteiger partial charge in [-0.25, -0.2) is 0 Å². The molecule has 25 heavy (non-hydrogen) atoms. The van der Waals surface area contributed by atoms with Crippen molar-refractivity contribution in [2.75, 3.05) is 18.7 Å². The summed E-state index contributed by atoms with van der Waals surface area (Å²) in [5, 5.41) is 3.00. The summed E-state index contributed by atoms with van der Waals surface area (Å²) in [5.74, 6) is 2.31. The van der Waals surface area contributed by atoms with Gasteiger partial charge in [-0.2, -0.15) is 0 Å². The highest BCUT2D eigenvalue weighted by molar-refractivity contribution is 5.96. The van der Waals surface area contributed by atoms with E-state index in [0.717, 1.165) is 35.0 Å². The molecular weight excluding hydrogens is 320 g/mol. The Kier molecular flexibility index (Phi) is 3.31. The molecule has 1 N–H and O–H groups in total. The van der Waals surface area contributed by atoms with E-state index in [4.69, 9.17) is 14.2 Å². The minimum absolute atomic E-state index is 0.0196. The van der Waals surface area contributed by atoms with E-state index in [0.29, 0.717) is 13.0 Å². The van der Waals surface area contributed by atoms with Gasteiger partial charge in [-0.15, -0.1) is 0 Å². The highest BCUT2D eigenvalue weighted by atomic mass is 16.7. The van der Waals surface area contributed by atoms with Crippen molar-refractivity contribution in [3.63, 3.8) is 0 Å². The SMILES string of the molecule is O=C1Nc2ccccc2OC2CC1N(Cc1ccc3c(c1)OCO3)C2. The van der Waals surface area contributed by atoms with Crippen LogP contribution in [0.5, 0.6) is 17.2 Å². The van der Waals surface area contributed by atoms with Gasteiger partial charge in [-0.05, 0) is 29.8 Å². The fourth-order valence-electron chi connectivity index (χ4n) is 3.74. The average molecular weight is 338 g/mol. The Hall–Kier alpha value is -2.73. The van der Waals surface area contributed by atoms with Crippen LogP contribution in [0.15, 0.2) is 42.5 Å². The van der Waals surface area contributed by atoms with E-state index in [1.165, 1.54) is 0 Å². The molecule has 0 spiro atoms. The molecule has 2 atom stereocenters. The van der Waals surface area contributed by atoms with Crippen molar-refractivity contribution in [2.24, 2.45) is 0 Å². The predicted octanol–water partition coefficient (Wildman–Crippen LogP) is 2.39. The molecule has 0 aliphatic carbocycles. The number of likely N-dealkylation sites (tertiary alicyclic amines) is 1. The van der Waals surface area contributed by atoms with Gasteiger partial charge in [0, 0.05) is 19.5 Å². The van der Waals surface area contributed by atoms with Gasteiger partial charge in [0.15, 0.2) is 11.5 Å². The summed E-state index contributed by atoms with van der Waals surface area (Å²) in [6.07, 6.45) is 0.719. The number of hydrogen-bond acceptors (Lipinski definition) is 5. The van der Waals surface area contributed by atoms with Gasteiger partial charge in [-0.3, -0.25) is 9.69 Å². The summed E-state index contributed by atoms with van der Waals surface area (Å²) >= 11 is 0. The van der Waals surface area contributed by atoms with Crippen molar-refractivity contribution in [1.29, 1.82) is 0 Å². The van der Waals surface area contributed by atoms with Crippen molar-refractivity contribution in [2.45, 2.75) is 25.1 Å². The number of carbonyl (C=O) groups excluding carboxylic acids is 1. The number of benzene rings is 2. The van der Waals surface area contributed by atoms with Crippen molar-refractivity contribution >= 4 is 11.6 Å². The molecule has 5 rings (SSSR count).